The van der Waals surface area contributed by atoms with Gasteiger partial charge in [-0.25, -0.2) is 0 Å². The molecule has 1 N–H and O–H groups in total. The molecule has 1 nitrogen and oxygen atoms in total. The fourth-order valence-electron chi connectivity index (χ4n) is 2.04. The molecule has 0 amide bonds. The molecule has 0 saturated carbocycles. The summed E-state index contributed by atoms with van der Waals surface area (Å²) >= 11 is 7.29. The largest absolute Gasteiger partial charge is 0.416 e. The molecule has 114 valence electrons. The molecule has 21 heavy (non-hydrogen) atoms. The SMILES string of the molecule is CCNC(C)c1ccc(-c2cc(Cl)cc(C(F)(F)F)c2)s1. The first kappa shape index (κ1) is 16.3. The lowest BCUT2D eigenvalue weighted by molar-refractivity contribution is -0.137. The van der Waals surface area contributed by atoms with Gasteiger partial charge >= 0.3 is 6.18 Å². The third-order valence-electron chi connectivity index (χ3n) is 3.07. The minimum Gasteiger partial charge on any atom is -0.310 e. The molecular weight excluding hydrogens is 319 g/mol. The molecule has 0 radical (unpaired) electrons. The summed E-state index contributed by atoms with van der Waals surface area (Å²) in [5.41, 5.74) is -0.227. The summed E-state index contributed by atoms with van der Waals surface area (Å²) < 4.78 is 38.5. The van der Waals surface area contributed by atoms with E-state index in [2.05, 4.69) is 5.32 Å². The van der Waals surface area contributed by atoms with Crippen LogP contribution < -0.4 is 5.32 Å². The van der Waals surface area contributed by atoms with Gasteiger partial charge in [0.15, 0.2) is 0 Å². The minimum atomic E-state index is -4.39. The molecule has 1 aromatic carbocycles. The maximum absolute atomic E-state index is 12.8. The van der Waals surface area contributed by atoms with Crippen molar-refractivity contribution in [1.29, 1.82) is 0 Å². The van der Waals surface area contributed by atoms with E-state index in [9.17, 15) is 13.2 Å². The van der Waals surface area contributed by atoms with Crippen LogP contribution in [0.4, 0.5) is 13.2 Å². The number of thiophene rings is 1. The van der Waals surface area contributed by atoms with Crippen LogP contribution in [-0.4, -0.2) is 6.54 Å². The number of benzene rings is 1. The van der Waals surface area contributed by atoms with E-state index in [1.54, 1.807) is 6.07 Å². The van der Waals surface area contributed by atoms with Crippen molar-refractivity contribution in [1.82, 2.24) is 5.32 Å². The number of halogens is 4. The minimum absolute atomic E-state index is 0.0921. The molecular formula is C15H15ClF3NS. The second-order valence-corrected chi connectivity index (χ2v) is 6.26. The van der Waals surface area contributed by atoms with Crippen molar-refractivity contribution in [3.05, 3.63) is 45.8 Å². The molecule has 6 heteroatoms. The van der Waals surface area contributed by atoms with Gasteiger partial charge in [0.05, 0.1) is 5.56 Å². The van der Waals surface area contributed by atoms with E-state index in [0.717, 1.165) is 28.4 Å². The van der Waals surface area contributed by atoms with Crippen molar-refractivity contribution in [2.75, 3.05) is 6.54 Å². The molecule has 1 unspecified atom stereocenters. The lowest BCUT2D eigenvalue weighted by Crippen LogP contribution is -2.16. The molecule has 0 fully saturated rings. The second-order valence-electron chi connectivity index (χ2n) is 4.71. The smallest absolute Gasteiger partial charge is 0.310 e. The van der Waals surface area contributed by atoms with Gasteiger partial charge < -0.3 is 5.32 Å². The molecule has 1 atom stereocenters. The predicted octanol–water partition coefficient (Wildman–Crippen LogP) is 5.76. The average Bonchev–Trinajstić information content (AvgIpc) is 2.87. The quantitative estimate of drug-likeness (QED) is 0.750. The molecule has 0 aliphatic heterocycles. The summed E-state index contributed by atoms with van der Waals surface area (Å²) in [6, 6.07) is 7.58. The number of nitrogens with one attached hydrogen (secondary N) is 1. The summed E-state index contributed by atoms with van der Waals surface area (Å²) in [7, 11) is 0. The fraction of sp³-hybridized carbons (Fsp3) is 0.333. The van der Waals surface area contributed by atoms with E-state index in [4.69, 9.17) is 11.6 Å². The lowest BCUT2D eigenvalue weighted by Gasteiger charge is -2.10. The van der Waals surface area contributed by atoms with E-state index < -0.39 is 11.7 Å². The van der Waals surface area contributed by atoms with Crippen molar-refractivity contribution in [2.45, 2.75) is 26.1 Å². The Labute approximate surface area is 130 Å². The van der Waals surface area contributed by atoms with Gasteiger partial charge in [0.25, 0.3) is 0 Å². The lowest BCUT2D eigenvalue weighted by atomic mass is 10.1. The Balaban J connectivity index is 2.36. The summed E-state index contributed by atoms with van der Waals surface area (Å²) in [5.74, 6) is 0. The van der Waals surface area contributed by atoms with Gasteiger partial charge in [0.2, 0.25) is 0 Å². The van der Waals surface area contributed by atoms with Crippen LogP contribution in [0.2, 0.25) is 5.02 Å². The Morgan fingerprint density at radius 1 is 1.24 bits per heavy atom. The topological polar surface area (TPSA) is 12.0 Å². The molecule has 0 aliphatic carbocycles. The van der Waals surface area contributed by atoms with E-state index in [1.165, 1.54) is 11.3 Å². The fourth-order valence-corrected chi connectivity index (χ4v) is 3.30. The van der Waals surface area contributed by atoms with Crippen LogP contribution >= 0.6 is 22.9 Å². The highest BCUT2D eigenvalue weighted by Crippen LogP contribution is 2.37. The summed E-state index contributed by atoms with van der Waals surface area (Å²) in [4.78, 5) is 1.86. The third kappa shape index (κ3) is 3.99. The number of rotatable bonds is 4. The molecule has 0 saturated heterocycles. The molecule has 0 bridgehead atoms. The third-order valence-corrected chi connectivity index (χ3v) is 4.61. The summed E-state index contributed by atoms with van der Waals surface area (Å²) in [6.45, 7) is 4.87. The Kier molecular flexibility index (Phi) is 4.96. The van der Waals surface area contributed by atoms with Crippen molar-refractivity contribution in [2.24, 2.45) is 0 Å². The predicted molar refractivity (Wildman–Crippen MR) is 81.9 cm³/mol. The Morgan fingerprint density at radius 2 is 1.95 bits per heavy atom. The van der Waals surface area contributed by atoms with Crippen LogP contribution in [-0.2, 0) is 6.18 Å². The summed E-state index contributed by atoms with van der Waals surface area (Å²) in [6.07, 6.45) is -4.39. The molecule has 0 aliphatic rings. The zero-order valence-corrected chi connectivity index (χ0v) is 13.2. The van der Waals surface area contributed by atoms with Crippen molar-refractivity contribution in [3.8, 4) is 10.4 Å². The molecule has 1 aromatic heterocycles. The van der Waals surface area contributed by atoms with Gasteiger partial charge in [-0.15, -0.1) is 11.3 Å². The Morgan fingerprint density at radius 3 is 2.57 bits per heavy atom. The molecule has 1 heterocycles. The van der Waals surface area contributed by atoms with E-state index >= 15 is 0 Å². The maximum atomic E-state index is 12.8. The van der Waals surface area contributed by atoms with Crippen molar-refractivity contribution >= 4 is 22.9 Å². The first-order chi connectivity index (χ1) is 9.81. The second kappa shape index (κ2) is 6.38. The zero-order valence-electron chi connectivity index (χ0n) is 11.6. The number of hydrogen-bond donors (Lipinski definition) is 1. The maximum Gasteiger partial charge on any atom is 0.416 e. The van der Waals surface area contributed by atoms with Gasteiger partial charge in [-0.05, 0) is 49.4 Å². The van der Waals surface area contributed by atoms with Gasteiger partial charge in [-0.2, -0.15) is 13.2 Å². The van der Waals surface area contributed by atoms with Crippen LogP contribution in [0.5, 0.6) is 0 Å². The zero-order chi connectivity index (χ0) is 15.6. The van der Waals surface area contributed by atoms with E-state index in [1.807, 2.05) is 26.0 Å². The van der Waals surface area contributed by atoms with Gasteiger partial charge in [-0.1, -0.05) is 18.5 Å². The van der Waals surface area contributed by atoms with E-state index in [0.29, 0.717) is 5.56 Å². The van der Waals surface area contributed by atoms with Crippen molar-refractivity contribution < 1.29 is 13.2 Å². The average molecular weight is 334 g/mol. The van der Waals surface area contributed by atoms with Crippen LogP contribution in [0.1, 0.15) is 30.3 Å². The Hall–Kier alpha value is -1.04. The standard InChI is InChI=1S/C15H15ClF3NS/c1-3-20-9(2)13-4-5-14(21-13)10-6-11(15(17,18)19)8-12(16)7-10/h4-9,20H,3H2,1-2H3. The first-order valence-corrected chi connectivity index (χ1v) is 7.72. The normalized spacial score (nSPS) is 13.4. The van der Waals surface area contributed by atoms with Gasteiger partial charge in [0, 0.05) is 20.8 Å². The van der Waals surface area contributed by atoms with E-state index in [-0.39, 0.29) is 11.1 Å². The Bertz CT molecular complexity index is 622. The van der Waals surface area contributed by atoms with Crippen LogP contribution in [0.25, 0.3) is 10.4 Å². The molecule has 2 aromatic rings. The highest BCUT2D eigenvalue weighted by Gasteiger charge is 2.31. The van der Waals surface area contributed by atoms with Crippen molar-refractivity contribution in [3.63, 3.8) is 0 Å². The highest BCUT2D eigenvalue weighted by molar-refractivity contribution is 7.15. The summed E-state index contributed by atoms with van der Waals surface area (Å²) in [5, 5.41) is 3.37. The van der Waals surface area contributed by atoms with Crippen LogP contribution in [0, 0.1) is 0 Å². The van der Waals surface area contributed by atoms with Gasteiger partial charge in [-0.3, -0.25) is 0 Å². The molecule has 2 rings (SSSR count). The van der Waals surface area contributed by atoms with Crippen LogP contribution in [0.15, 0.2) is 30.3 Å². The van der Waals surface area contributed by atoms with Crippen LogP contribution in [0.3, 0.4) is 0 Å². The first-order valence-electron chi connectivity index (χ1n) is 6.52. The monoisotopic (exact) mass is 333 g/mol. The van der Waals surface area contributed by atoms with Gasteiger partial charge in [0.1, 0.15) is 0 Å². The molecule has 0 spiro atoms. The number of alkyl halides is 3. The number of hydrogen-bond acceptors (Lipinski definition) is 2. The highest BCUT2D eigenvalue weighted by atomic mass is 35.5.